The van der Waals surface area contributed by atoms with Crippen molar-refractivity contribution in [1.29, 1.82) is 0 Å². The van der Waals surface area contributed by atoms with Crippen molar-refractivity contribution in [1.82, 2.24) is 10.2 Å². The molecule has 6 nitrogen and oxygen atoms in total. The largest absolute Gasteiger partial charge is 0.477 e. The van der Waals surface area contributed by atoms with Crippen molar-refractivity contribution in [3.05, 3.63) is 22.2 Å². The molecule has 0 bridgehead atoms. The summed E-state index contributed by atoms with van der Waals surface area (Å²) < 4.78 is 0. The van der Waals surface area contributed by atoms with Crippen molar-refractivity contribution in [3.8, 4) is 0 Å². The van der Waals surface area contributed by atoms with Gasteiger partial charge >= 0.3 is 5.97 Å². The Balaban J connectivity index is 2.11. The van der Waals surface area contributed by atoms with Gasteiger partial charge in [0.15, 0.2) is 0 Å². The Bertz CT molecular complexity index is 588. The summed E-state index contributed by atoms with van der Waals surface area (Å²) in [5.74, 6) is -0.553. The zero-order valence-corrected chi connectivity index (χ0v) is 14.9. The molecule has 2 amide bonds. The van der Waals surface area contributed by atoms with Crippen LogP contribution in [0.5, 0.6) is 0 Å². The number of carbonyl (C=O) groups is 3. The summed E-state index contributed by atoms with van der Waals surface area (Å²) in [7, 11) is 0. The SMILES string of the molecule is CCSC(C)[C@H]1C(=O)N2C(C(=O)O)=C(SC=CNC(C)=O)C[C@H]12. The van der Waals surface area contributed by atoms with E-state index in [9.17, 15) is 19.5 Å². The second-order valence-electron chi connectivity index (χ2n) is 5.36. The number of β-lactam (4-membered cyclic amide) rings is 1. The number of rotatable bonds is 7. The predicted molar refractivity (Wildman–Crippen MR) is 91.5 cm³/mol. The average molecular weight is 356 g/mol. The summed E-state index contributed by atoms with van der Waals surface area (Å²) in [6.45, 7) is 5.47. The predicted octanol–water partition coefficient (Wildman–Crippen LogP) is 2.00. The molecule has 3 atom stereocenters. The van der Waals surface area contributed by atoms with Crippen LogP contribution in [0.15, 0.2) is 22.2 Å². The standard InChI is InChI=1S/C15H20N2O4S2/c1-4-22-8(2)12-10-7-11(23-6-5-16-9(3)18)13(15(20)21)17(10)14(12)19/h5-6,8,10,12H,4,7H2,1-3H3,(H,16,18)(H,20,21)/t8?,10-,12-/m1/s1. The monoisotopic (exact) mass is 356 g/mol. The van der Waals surface area contributed by atoms with E-state index < -0.39 is 5.97 Å². The lowest BCUT2D eigenvalue weighted by Crippen LogP contribution is -2.61. The Morgan fingerprint density at radius 3 is 2.78 bits per heavy atom. The Kier molecular flexibility index (Phi) is 5.80. The molecule has 0 radical (unpaired) electrons. The normalized spacial score (nSPS) is 24.7. The number of thioether (sulfide) groups is 2. The van der Waals surface area contributed by atoms with Crippen molar-refractivity contribution >= 4 is 41.3 Å². The number of carbonyl (C=O) groups excluding carboxylic acids is 2. The highest BCUT2D eigenvalue weighted by atomic mass is 32.2. The average Bonchev–Trinajstić information content (AvgIpc) is 2.78. The summed E-state index contributed by atoms with van der Waals surface area (Å²) in [6.07, 6.45) is 2.03. The summed E-state index contributed by atoms with van der Waals surface area (Å²) in [4.78, 5) is 36.8. The van der Waals surface area contributed by atoms with E-state index in [1.54, 1.807) is 17.2 Å². The number of nitrogens with zero attached hydrogens (tertiary/aromatic N) is 1. The van der Waals surface area contributed by atoms with Gasteiger partial charge in [-0.15, -0.1) is 0 Å². The van der Waals surface area contributed by atoms with Crippen LogP contribution in [0, 0.1) is 5.92 Å². The molecule has 2 rings (SSSR count). The molecule has 0 saturated carbocycles. The molecule has 0 aromatic carbocycles. The van der Waals surface area contributed by atoms with Crippen molar-refractivity contribution in [3.63, 3.8) is 0 Å². The van der Waals surface area contributed by atoms with Gasteiger partial charge < -0.3 is 15.3 Å². The van der Waals surface area contributed by atoms with Crippen molar-refractivity contribution < 1.29 is 19.5 Å². The first-order chi connectivity index (χ1) is 10.9. The summed E-state index contributed by atoms with van der Waals surface area (Å²) in [5, 5.41) is 13.8. The molecule has 2 heterocycles. The van der Waals surface area contributed by atoms with E-state index in [0.29, 0.717) is 11.3 Å². The van der Waals surface area contributed by atoms with Gasteiger partial charge in [0.1, 0.15) is 5.70 Å². The van der Waals surface area contributed by atoms with Gasteiger partial charge in [0, 0.05) is 29.7 Å². The Hall–Kier alpha value is -1.41. The van der Waals surface area contributed by atoms with E-state index in [1.165, 1.54) is 29.8 Å². The minimum Gasteiger partial charge on any atom is -0.477 e. The van der Waals surface area contributed by atoms with E-state index in [1.807, 2.05) is 13.8 Å². The highest BCUT2D eigenvalue weighted by Crippen LogP contribution is 2.48. The van der Waals surface area contributed by atoms with Crippen LogP contribution in [-0.2, 0) is 14.4 Å². The molecule has 0 aromatic rings. The summed E-state index contributed by atoms with van der Waals surface area (Å²) in [5.41, 5.74) is 0.0856. The molecule has 1 unspecified atom stereocenters. The van der Waals surface area contributed by atoms with Gasteiger partial charge in [-0.05, 0) is 11.2 Å². The second-order valence-corrected chi connectivity index (χ2v) is 8.02. The fraction of sp³-hybridized carbons (Fsp3) is 0.533. The summed E-state index contributed by atoms with van der Waals surface area (Å²) >= 11 is 2.96. The quantitative estimate of drug-likeness (QED) is 0.679. The molecular weight excluding hydrogens is 336 g/mol. The summed E-state index contributed by atoms with van der Waals surface area (Å²) in [6, 6.07) is -0.0562. The molecule has 8 heteroatoms. The molecule has 2 aliphatic rings. The minimum atomic E-state index is -1.08. The minimum absolute atomic E-state index is 0.0562. The number of hydrogen-bond donors (Lipinski definition) is 2. The fourth-order valence-corrected chi connectivity index (χ4v) is 4.85. The number of amides is 2. The molecule has 2 aliphatic heterocycles. The third-order valence-corrected chi connectivity index (χ3v) is 5.94. The van der Waals surface area contributed by atoms with Crippen LogP contribution in [0.1, 0.15) is 27.2 Å². The van der Waals surface area contributed by atoms with Gasteiger partial charge in [-0.2, -0.15) is 11.8 Å². The molecule has 1 saturated heterocycles. The lowest BCUT2D eigenvalue weighted by Gasteiger charge is -2.45. The lowest BCUT2D eigenvalue weighted by atomic mass is 9.85. The van der Waals surface area contributed by atoms with E-state index >= 15 is 0 Å². The third kappa shape index (κ3) is 3.58. The Morgan fingerprint density at radius 2 is 2.22 bits per heavy atom. The third-order valence-electron chi connectivity index (χ3n) is 3.87. The molecule has 1 fully saturated rings. The first-order valence-corrected chi connectivity index (χ1v) is 9.31. The van der Waals surface area contributed by atoms with Gasteiger partial charge in [-0.25, -0.2) is 4.79 Å². The van der Waals surface area contributed by atoms with Crippen LogP contribution >= 0.6 is 23.5 Å². The maximum Gasteiger partial charge on any atom is 0.353 e. The number of carboxylic acids is 1. The highest BCUT2D eigenvalue weighted by molar-refractivity contribution is 8.05. The molecule has 23 heavy (non-hydrogen) atoms. The zero-order chi connectivity index (χ0) is 17.1. The molecule has 2 N–H and O–H groups in total. The second kappa shape index (κ2) is 7.44. The van der Waals surface area contributed by atoms with E-state index in [0.717, 1.165) is 5.75 Å². The fourth-order valence-electron chi connectivity index (χ4n) is 2.96. The van der Waals surface area contributed by atoms with Crippen LogP contribution in [-0.4, -0.2) is 44.8 Å². The van der Waals surface area contributed by atoms with Crippen molar-refractivity contribution in [2.45, 2.75) is 38.5 Å². The zero-order valence-electron chi connectivity index (χ0n) is 13.2. The van der Waals surface area contributed by atoms with Crippen LogP contribution in [0.2, 0.25) is 0 Å². The highest BCUT2D eigenvalue weighted by Gasteiger charge is 2.56. The first kappa shape index (κ1) is 17.9. The lowest BCUT2D eigenvalue weighted by molar-refractivity contribution is -0.154. The Labute approximate surface area is 143 Å². The van der Waals surface area contributed by atoms with Gasteiger partial charge in [0.25, 0.3) is 0 Å². The van der Waals surface area contributed by atoms with Crippen LogP contribution in [0.3, 0.4) is 0 Å². The van der Waals surface area contributed by atoms with E-state index in [4.69, 9.17) is 0 Å². The van der Waals surface area contributed by atoms with Gasteiger partial charge in [-0.1, -0.05) is 25.6 Å². The van der Waals surface area contributed by atoms with Gasteiger partial charge in [0.05, 0.1) is 12.0 Å². The van der Waals surface area contributed by atoms with E-state index in [2.05, 4.69) is 5.32 Å². The maximum absolute atomic E-state index is 12.4. The molecule has 0 aliphatic carbocycles. The smallest absolute Gasteiger partial charge is 0.353 e. The van der Waals surface area contributed by atoms with Crippen LogP contribution in [0.4, 0.5) is 0 Å². The molecule has 126 valence electrons. The first-order valence-electron chi connectivity index (χ1n) is 7.38. The number of nitrogens with one attached hydrogen (secondary N) is 1. The van der Waals surface area contributed by atoms with Crippen molar-refractivity contribution in [2.24, 2.45) is 5.92 Å². The molecule has 0 aromatic heterocycles. The number of aliphatic carboxylic acids is 1. The van der Waals surface area contributed by atoms with Gasteiger partial charge in [0.2, 0.25) is 11.8 Å². The number of hydrogen-bond acceptors (Lipinski definition) is 5. The van der Waals surface area contributed by atoms with E-state index in [-0.39, 0.29) is 34.7 Å². The maximum atomic E-state index is 12.4. The van der Waals surface area contributed by atoms with Crippen LogP contribution < -0.4 is 5.32 Å². The Morgan fingerprint density at radius 1 is 1.52 bits per heavy atom. The number of fused-ring (bicyclic) bond motifs is 1. The van der Waals surface area contributed by atoms with Gasteiger partial charge in [-0.3, -0.25) is 9.59 Å². The van der Waals surface area contributed by atoms with Crippen molar-refractivity contribution in [2.75, 3.05) is 5.75 Å². The molecule has 0 spiro atoms. The van der Waals surface area contributed by atoms with Crippen LogP contribution in [0.25, 0.3) is 0 Å². The topological polar surface area (TPSA) is 86.7 Å². The number of carboxylic acid groups (broad SMARTS) is 1. The molecular formula is C15H20N2O4S2.